The monoisotopic (exact) mass is 486 g/mol. The molecule has 1 N–H and O–H groups in total. The summed E-state index contributed by atoms with van der Waals surface area (Å²) in [6.07, 6.45) is 6.69. The topological polar surface area (TPSA) is 40.1 Å². The van der Waals surface area contributed by atoms with Crippen molar-refractivity contribution in [3.05, 3.63) is 29.8 Å². The third kappa shape index (κ3) is 7.49. The first-order valence-electron chi connectivity index (χ1n) is 10.1. The maximum atomic E-state index is 5.68. The number of piperidine rings is 1. The molecule has 0 spiro atoms. The van der Waals surface area contributed by atoms with Crippen LogP contribution in [0.15, 0.2) is 29.3 Å². The molecule has 1 aliphatic carbocycles. The second-order valence-electron chi connectivity index (χ2n) is 7.56. The number of aliphatic imine (C=N–C) groups is 1. The minimum absolute atomic E-state index is 0. The normalized spacial score (nSPS) is 17.4. The zero-order valence-corrected chi connectivity index (χ0v) is 19.2. The van der Waals surface area contributed by atoms with E-state index in [4.69, 9.17) is 4.74 Å². The molecule has 3 rings (SSSR count). The molecule has 0 amide bonds. The predicted octanol–water partition coefficient (Wildman–Crippen LogP) is 3.73. The second kappa shape index (κ2) is 11.7. The van der Waals surface area contributed by atoms with Crippen LogP contribution in [0.25, 0.3) is 0 Å². The summed E-state index contributed by atoms with van der Waals surface area (Å²) in [5.41, 5.74) is 2.66. The molecular formula is C21H35IN4O. The lowest BCUT2D eigenvalue weighted by Gasteiger charge is -2.29. The van der Waals surface area contributed by atoms with Crippen LogP contribution in [0.1, 0.15) is 37.7 Å². The van der Waals surface area contributed by atoms with Crippen LogP contribution in [-0.4, -0.2) is 57.8 Å². The van der Waals surface area contributed by atoms with Gasteiger partial charge in [-0.05, 0) is 55.7 Å². The molecule has 1 saturated carbocycles. The summed E-state index contributed by atoms with van der Waals surface area (Å²) in [4.78, 5) is 9.05. The van der Waals surface area contributed by atoms with E-state index in [1.807, 2.05) is 7.05 Å². The van der Waals surface area contributed by atoms with Gasteiger partial charge in [-0.25, -0.2) is 0 Å². The summed E-state index contributed by atoms with van der Waals surface area (Å²) < 4.78 is 5.68. The minimum atomic E-state index is 0. The Morgan fingerprint density at radius 3 is 2.52 bits per heavy atom. The Morgan fingerprint density at radius 2 is 1.89 bits per heavy atom. The first-order valence-corrected chi connectivity index (χ1v) is 10.1. The standard InChI is InChI=1S/C21H34N4O.HI/c1-22-21(23-12-15-26-17-19-6-7-19)24(2)16-18-8-10-20(11-9-18)25-13-4-3-5-14-25;/h8-11,19H,3-7,12-17H2,1-2H3,(H,22,23);1H. The lowest BCUT2D eigenvalue weighted by Crippen LogP contribution is -2.40. The molecule has 0 bridgehead atoms. The van der Waals surface area contributed by atoms with Crippen molar-refractivity contribution >= 4 is 35.6 Å². The highest BCUT2D eigenvalue weighted by atomic mass is 127. The summed E-state index contributed by atoms with van der Waals surface area (Å²) >= 11 is 0. The van der Waals surface area contributed by atoms with E-state index in [1.54, 1.807) is 0 Å². The van der Waals surface area contributed by atoms with E-state index in [-0.39, 0.29) is 24.0 Å². The Morgan fingerprint density at radius 1 is 1.19 bits per heavy atom. The van der Waals surface area contributed by atoms with Crippen LogP contribution in [0.4, 0.5) is 5.69 Å². The number of ether oxygens (including phenoxy) is 1. The van der Waals surface area contributed by atoms with Gasteiger partial charge in [0, 0.05) is 52.6 Å². The van der Waals surface area contributed by atoms with E-state index in [0.717, 1.165) is 38.2 Å². The molecule has 1 heterocycles. The Labute approximate surface area is 181 Å². The SMILES string of the molecule is CN=C(NCCOCC1CC1)N(C)Cc1ccc(N2CCCCC2)cc1.I. The fourth-order valence-electron chi connectivity index (χ4n) is 3.47. The third-order valence-corrected chi connectivity index (χ3v) is 5.23. The van der Waals surface area contributed by atoms with Gasteiger partial charge in [-0.3, -0.25) is 4.99 Å². The number of rotatable bonds is 8. The van der Waals surface area contributed by atoms with Crippen molar-refractivity contribution in [1.29, 1.82) is 0 Å². The van der Waals surface area contributed by atoms with Gasteiger partial charge in [0.15, 0.2) is 5.96 Å². The summed E-state index contributed by atoms with van der Waals surface area (Å²) in [5, 5.41) is 3.39. The molecule has 1 saturated heterocycles. The number of guanidine groups is 1. The number of benzene rings is 1. The van der Waals surface area contributed by atoms with Gasteiger partial charge in [0.2, 0.25) is 0 Å². The molecular weight excluding hydrogens is 451 g/mol. The molecule has 1 aromatic carbocycles. The number of hydrogen-bond donors (Lipinski definition) is 1. The number of hydrogen-bond acceptors (Lipinski definition) is 3. The molecule has 1 aliphatic heterocycles. The minimum Gasteiger partial charge on any atom is -0.379 e. The van der Waals surface area contributed by atoms with Crippen LogP contribution in [0.3, 0.4) is 0 Å². The quantitative estimate of drug-likeness (QED) is 0.263. The molecule has 1 aromatic rings. The zero-order valence-electron chi connectivity index (χ0n) is 16.8. The van der Waals surface area contributed by atoms with Gasteiger partial charge in [-0.15, -0.1) is 24.0 Å². The summed E-state index contributed by atoms with van der Waals surface area (Å²) in [6, 6.07) is 9.01. The summed E-state index contributed by atoms with van der Waals surface area (Å²) in [7, 11) is 3.92. The third-order valence-electron chi connectivity index (χ3n) is 5.23. The van der Waals surface area contributed by atoms with Crippen molar-refractivity contribution in [3.63, 3.8) is 0 Å². The number of halogens is 1. The largest absolute Gasteiger partial charge is 0.379 e. The fourth-order valence-corrected chi connectivity index (χ4v) is 3.47. The molecule has 2 aliphatic rings. The maximum absolute atomic E-state index is 5.68. The highest BCUT2D eigenvalue weighted by Gasteiger charge is 2.20. The molecule has 0 unspecified atom stereocenters. The van der Waals surface area contributed by atoms with Gasteiger partial charge < -0.3 is 19.9 Å². The van der Waals surface area contributed by atoms with Gasteiger partial charge in [0.05, 0.1) is 6.61 Å². The molecule has 0 atom stereocenters. The van der Waals surface area contributed by atoms with E-state index < -0.39 is 0 Å². The Balaban J connectivity index is 0.00000261. The highest BCUT2D eigenvalue weighted by molar-refractivity contribution is 14.0. The number of anilines is 1. The number of nitrogens with zero attached hydrogens (tertiary/aromatic N) is 3. The average molecular weight is 486 g/mol. The van der Waals surface area contributed by atoms with E-state index >= 15 is 0 Å². The maximum Gasteiger partial charge on any atom is 0.193 e. The van der Waals surface area contributed by atoms with Crippen molar-refractivity contribution in [2.45, 2.75) is 38.6 Å². The van der Waals surface area contributed by atoms with Crippen LogP contribution in [0.2, 0.25) is 0 Å². The van der Waals surface area contributed by atoms with E-state index in [9.17, 15) is 0 Å². The van der Waals surface area contributed by atoms with Crippen molar-refractivity contribution < 1.29 is 4.74 Å². The van der Waals surface area contributed by atoms with Crippen LogP contribution >= 0.6 is 24.0 Å². The molecule has 6 heteroatoms. The highest BCUT2D eigenvalue weighted by Crippen LogP contribution is 2.28. The number of nitrogens with one attached hydrogen (secondary N) is 1. The van der Waals surface area contributed by atoms with Crippen molar-refractivity contribution in [2.24, 2.45) is 10.9 Å². The van der Waals surface area contributed by atoms with Crippen molar-refractivity contribution in [1.82, 2.24) is 10.2 Å². The molecule has 0 aromatic heterocycles. The summed E-state index contributed by atoms with van der Waals surface area (Å²) in [6.45, 7) is 5.70. The van der Waals surface area contributed by atoms with Gasteiger partial charge in [-0.1, -0.05) is 12.1 Å². The van der Waals surface area contributed by atoms with Gasteiger partial charge in [0.1, 0.15) is 0 Å². The van der Waals surface area contributed by atoms with E-state index in [2.05, 4.69) is 51.4 Å². The van der Waals surface area contributed by atoms with Gasteiger partial charge >= 0.3 is 0 Å². The first-order chi connectivity index (χ1) is 12.8. The van der Waals surface area contributed by atoms with Crippen molar-refractivity contribution in [3.8, 4) is 0 Å². The summed E-state index contributed by atoms with van der Waals surface area (Å²) in [5.74, 6) is 1.74. The first kappa shape index (κ1) is 22.3. The van der Waals surface area contributed by atoms with E-state index in [0.29, 0.717) is 0 Å². The van der Waals surface area contributed by atoms with Crippen LogP contribution in [0.5, 0.6) is 0 Å². The fraction of sp³-hybridized carbons (Fsp3) is 0.667. The Kier molecular flexibility index (Phi) is 9.68. The Hall–Kier alpha value is -1.02. The van der Waals surface area contributed by atoms with Crippen LogP contribution < -0.4 is 10.2 Å². The molecule has 2 fully saturated rings. The average Bonchev–Trinajstić information content (AvgIpc) is 3.50. The van der Waals surface area contributed by atoms with E-state index in [1.165, 1.54) is 56.4 Å². The van der Waals surface area contributed by atoms with Gasteiger partial charge in [0.25, 0.3) is 0 Å². The van der Waals surface area contributed by atoms with Gasteiger partial charge in [-0.2, -0.15) is 0 Å². The van der Waals surface area contributed by atoms with Crippen molar-refractivity contribution in [2.75, 3.05) is 51.8 Å². The lowest BCUT2D eigenvalue weighted by molar-refractivity contribution is 0.128. The van der Waals surface area contributed by atoms with Crippen LogP contribution in [0, 0.1) is 5.92 Å². The smallest absolute Gasteiger partial charge is 0.193 e. The van der Waals surface area contributed by atoms with Crippen LogP contribution in [-0.2, 0) is 11.3 Å². The molecule has 27 heavy (non-hydrogen) atoms. The molecule has 0 radical (unpaired) electrons. The second-order valence-corrected chi connectivity index (χ2v) is 7.56. The predicted molar refractivity (Wildman–Crippen MR) is 124 cm³/mol. The Bertz CT molecular complexity index is 568. The zero-order chi connectivity index (χ0) is 18.2. The lowest BCUT2D eigenvalue weighted by atomic mass is 10.1. The molecule has 152 valence electrons. The molecule has 5 nitrogen and oxygen atoms in total.